The normalized spacial score (nSPS) is 11.6. The fourth-order valence-corrected chi connectivity index (χ4v) is 2.50. The molecule has 0 saturated carbocycles. The van der Waals surface area contributed by atoms with Crippen molar-refractivity contribution in [1.29, 1.82) is 0 Å². The van der Waals surface area contributed by atoms with Crippen molar-refractivity contribution in [3.8, 4) is 0 Å². The van der Waals surface area contributed by atoms with E-state index in [1.807, 2.05) is 51.1 Å². The van der Waals surface area contributed by atoms with Gasteiger partial charge in [-0.05, 0) is 24.3 Å². The summed E-state index contributed by atoms with van der Waals surface area (Å²) in [6.45, 7) is 6.20. The highest BCUT2D eigenvalue weighted by Gasteiger charge is 2.25. The molecule has 0 aliphatic heterocycles. The van der Waals surface area contributed by atoms with Crippen LogP contribution in [0.25, 0.3) is 0 Å². The average Bonchev–Trinajstić information content (AvgIpc) is 2.65. The fraction of sp³-hybridized carbons (Fsp3) is 0.526. The Hall–Kier alpha value is -2.28. The Morgan fingerprint density at radius 3 is 2.41 bits per heavy atom. The Bertz CT molecular complexity index is 610. The number of nitrogens with one attached hydrogen (secondary N) is 2. The van der Waals surface area contributed by atoms with Crippen molar-refractivity contribution in [2.75, 3.05) is 12.4 Å². The minimum absolute atomic E-state index is 0.107. The van der Waals surface area contributed by atoms with Crippen LogP contribution in [0.3, 0.4) is 0 Å². The predicted octanol–water partition coefficient (Wildman–Crippen LogP) is 2.84. The SMILES string of the molecule is CCCN(NC(=O)[C@H](CC(C)C)NC(=O)OCc1ccccc1)C(=O)CCl. The maximum Gasteiger partial charge on any atom is 0.408 e. The summed E-state index contributed by atoms with van der Waals surface area (Å²) in [7, 11) is 0. The molecule has 0 spiro atoms. The molecule has 1 aromatic carbocycles. The largest absolute Gasteiger partial charge is 0.445 e. The van der Waals surface area contributed by atoms with Gasteiger partial charge in [0.2, 0.25) is 0 Å². The van der Waals surface area contributed by atoms with E-state index in [2.05, 4.69) is 10.7 Å². The molecule has 150 valence electrons. The standard InChI is InChI=1S/C19H28ClN3O4/c1-4-10-23(17(24)12-20)22-18(25)16(11-14(2)3)21-19(26)27-13-15-8-6-5-7-9-15/h5-9,14,16H,4,10-13H2,1-3H3,(H,21,26)(H,22,25)/t16-/m0/s1. The third-order valence-corrected chi connectivity index (χ3v) is 3.86. The van der Waals surface area contributed by atoms with Crippen LogP contribution in [0, 0.1) is 5.92 Å². The van der Waals surface area contributed by atoms with Gasteiger partial charge in [0, 0.05) is 6.54 Å². The van der Waals surface area contributed by atoms with Crippen molar-refractivity contribution >= 4 is 29.5 Å². The van der Waals surface area contributed by atoms with Crippen molar-refractivity contribution in [2.24, 2.45) is 5.92 Å². The molecular formula is C19H28ClN3O4. The molecule has 0 aliphatic rings. The number of rotatable bonds is 9. The van der Waals surface area contributed by atoms with Gasteiger partial charge in [0.15, 0.2) is 0 Å². The van der Waals surface area contributed by atoms with Gasteiger partial charge in [-0.25, -0.2) is 4.79 Å². The van der Waals surface area contributed by atoms with Gasteiger partial charge in [-0.15, -0.1) is 11.6 Å². The molecule has 2 N–H and O–H groups in total. The molecule has 0 unspecified atom stereocenters. The first-order valence-electron chi connectivity index (χ1n) is 9.01. The summed E-state index contributed by atoms with van der Waals surface area (Å²) < 4.78 is 5.18. The molecule has 0 radical (unpaired) electrons. The molecule has 1 rings (SSSR count). The molecule has 1 aromatic rings. The van der Waals surface area contributed by atoms with Gasteiger partial charge in [0.25, 0.3) is 11.8 Å². The average molecular weight is 398 g/mol. The molecule has 7 nitrogen and oxygen atoms in total. The first-order chi connectivity index (χ1) is 12.9. The summed E-state index contributed by atoms with van der Waals surface area (Å²) >= 11 is 5.58. The number of nitrogens with zero attached hydrogens (tertiary/aromatic N) is 1. The van der Waals surface area contributed by atoms with E-state index in [1.165, 1.54) is 5.01 Å². The number of ether oxygens (including phenoxy) is 1. The third-order valence-electron chi connectivity index (χ3n) is 3.64. The molecular weight excluding hydrogens is 370 g/mol. The molecule has 0 aromatic heterocycles. The first-order valence-corrected chi connectivity index (χ1v) is 9.54. The number of amides is 3. The maximum absolute atomic E-state index is 12.6. The monoisotopic (exact) mass is 397 g/mol. The Morgan fingerprint density at radius 2 is 1.85 bits per heavy atom. The second-order valence-electron chi connectivity index (χ2n) is 6.54. The summed E-state index contributed by atoms with van der Waals surface area (Å²) in [5, 5.41) is 3.76. The van der Waals surface area contributed by atoms with Crippen LogP contribution in [-0.2, 0) is 20.9 Å². The summed E-state index contributed by atoms with van der Waals surface area (Å²) in [5.41, 5.74) is 3.39. The van der Waals surface area contributed by atoms with E-state index in [9.17, 15) is 14.4 Å². The number of alkyl halides is 1. The molecule has 0 aliphatic carbocycles. The molecule has 1 atom stereocenters. The lowest BCUT2D eigenvalue weighted by Crippen LogP contribution is -2.55. The third kappa shape index (κ3) is 8.77. The van der Waals surface area contributed by atoms with E-state index >= 15 is 0 Å². The van der Waals surface area contributed by atoms with Crippen LogP contribution in [0.1, 0.15) is 39.2 Å². The number of hydrogen-bond acceptors (Lipinski definition) is 4. The second-order valence-corrected chi connectivity index (χ2v) is 6.81. The van der Waals surface area contributed by atoms with Crippen LogP contribution in [0.15, 0.2) is 30.3 Å². The summed E-state index contributed by atoms with van der Waals surface area (Å²) in [6.07, 6.45) is 0.372. The number of hydrogen-bond donors (Lipinski definition) is 2. The quantitative estimate of drug-likeness (QED) is 0.495. The number of carbonyl (C=O) groups excluding carboxylic acids is 3. The van der Waals surface area contributed by atoms with E-state index in [0.717, 1.165) is 5.56 Å². The highest BCUT2D eigenvalue weighted by atomic mass is 35.5. The summed E-state index contributed by atoms with van der Waals surface area (Å²) in [4.78, 5) is 36.5. The zero-order valence-electron chi connectivity index (χ0n) is 16.0. The van der Waals surface area contributed by atoms with Crippen LogP contribution in [0.4, 0.5) is 4.79 Å². The molecule has 27 heavy (non-hydrogen) atoms. The molecule has 8 heteroatoms. The topological polar surface area (TPSA) is 87.7 Å². The summed E-state index contributed by atoms with van der Waals surface area (Å²) in [5.74, 6) is -0.964. The number of alkyl carbamates (subject to hydrolysis) is 1. The van der Waals surface area contributed by atoms with Crippen LogP contribution in [-0.4, -0.2) is 41.4 Å². The van der Waals surface area contributed by atoms with Gasteiger partial charge in [-0.2, -0.15) is 0 Å². The highest BCUT2D eigenvalue weighted by Crippen LogP contribution is 2.07. The Morgan fingerprint density at radius 1 is 1.19 bits per heavy atom. The maximum atomic E-state index is 12.6. The van der Waals surface area contributed by atoms with Gasteiger partial charge < -0.3 is 10.1 Å². The predicted molar refractivity (Wildman–Crippen MR) is 104 cm³/mol. The molecule has 0 fully saturated rings. The lowest BCUT2D eigenvalue weighted by molar-refractivity contribution is -0.140. The van der Waals surface area contributed by atoms with Gasteiger partial charge in [0.05, 0.1) is 0 Å². The highest BCUT2D eigenvalue weighted by molar-refractivity contribution is 6.27. The van der Waals surface area contributed by atoms with E-state index in [0.29, 0.717) is 19.4 Å². The molecule has 0 saturated heterocycles. The lowest BCUT2D eigenvalue weighted by atomic mass is 10.0. The molecule has 0 heterocycles. The van der Waals surface area contributed by atoms with Crippen LogP contribution in [0.2, 0.25) is 0 Å². The van der Waals surface area contributed by atoms with Crippen molar-refractivity contribution in [3.05, 3.63) is 35.9 Å². The van der Waals surface area contributed by atoms with E-state index in [1.54, 1.807) is 0 Å². The number of benzene rings is 1. The van der Waals surface area contributed by atoms with Gasteiger partial charge in [0.1, 0.15) is 18.5 Å². The smallest absolute Gasteiger partial charge is 0.408 e. The zero-order valence-corrected chi connectivity index (χ0v) is 16.8. The fourth-order valence-electron chi connectivity index (χ4n) is 2.36. The minimum Gasteiger partial charge on any atom is -0.445 e. The van der Waals surface area contributed by atoms with Gasteiger partial charge in [-0.1, -0.05) is 51.1 Å². The van der Waals surface area contributed by atoms with Crippen molar-refractivity contribution < 1.29 is 19.1 Å². The van der Waals surface area contributed by atoms with Gasteiger partial charge in [-0.3, -0.25) is 20.0 Å². The van der Waals surface area contributed by atoms with Gasteiger partial charge >= 0.3 is 6.09 Å². The summed E-state index contributed by atoms with van der Waals surface area (Å²) in [6, 6.07) is 8.42. The lowest BCUT2D eigenvalue weighted by Gasteiger charge is -2.26. The zero-order chi connectivity index (χ0) is 20.2. The Balaban J connectivity index is 2.68. The number of hydrazine groups is 1. The molecule has 3 amide bonds. The first kappa shape index (κ1) is 22.8. The van der Waals surface area contributed by atoms with E-state index in [4.69, 9.17) is 16.3 Å². The minimum atomic E-state index is -0.823. The Labute approximate surface area is 165 Å². The van der Waals surface area contributed by atoms with Crippen LogP contribution < -0.4 is 10.7 Å². The van der Waals surface area contributed by atoms with Crippen LogP contribution >= 0.6 is 11.6 Å². The molecule has 0 bridgehead atoms. The van der Waals surface area contributed by atoms with E-state index in [-0.39, 0.29) is 18.4 Å². The van der Waals surface area contributed by atoms with Crippen molar-refractivity contribution in [2.45, 2.75) is 46.3 Å². The van der Waals surface area contributed by atoms with E-state index < -0.39 is 23.9 Å². The number of halogens is 1. The van der Waals surface area contributed by atoms with Crippen molar-refractivity contribution in [3.63, 3.8) is 0 Å². The second kappa shape index (κ2) is 12.2. The van der Waals surface area contributed by atoms with Crippen molar-refractivity contribution in [1.82, 2.24) is 15.8 Å². The number of carbonyl (C=O) groups is 3. The van der Waals surface area contributed by atoms with Crippen LogP contribution in [0.5, 0.6) is 0 Å². The Kier molecular flexibility index (Phi) is 10.3.